The van der Waals surface area contributed by atoms with E-state index in [4.69, 9.17) is 0 Å². The molecule has 0 fully saturated rings. The minimum Gasteiger partial charge on any atom is -0.338 e. The summed E-state index contributed by atoms with van der Waals surface area (Å²) in [7, 11) is 1.93. The van der Waals surface area contributed by atoms with E-state index < -0.39 is 0 Å². The summed E-state index contributed by atoms with van der Waals surface area (Å²) in [6, 6.07) is 8.08. The number of amides is 2. The van der Waals surface area contributed by atoms with Crippen LogP contribution in [0.1, 0.15) is 44.7 Å². The number of unbranched alkanes of at least 4 members (excludes halogenated alkanes) is 2. The Morgan fingerprint density at radius 1 is 1.21 bits per heavy atom. The minimum absolute atomic E-state index is 0.134. The molecule has 1 rings (SSSR count). The van der Waals surface area contributed by atoms with Gasteiger partial charge in [-0.3, -0.25) is 0 Å². The second kappa shape index (κ2) is 8.53. The summed E-state index contributed by atoms with van der Waals surface area (Å²) in [4.78, 5) is 11.6. The van der Waals surface area contributed by atoms with Gasteiger partial charge in [0.1, 0.15) is 0 Å². The Labute approximate surface area is 116 Å². The average Bonchev–Trinajstić information content (AvgIpc) is 2.43. The molecule has 0 saturated carbocycles. The van der Waals surface area contributed by atoms with Crippen molar-refractivity contribution in [3.63, 3.8) is 0 Å². The van der Waals surface area contributed by atoms with Crippen LogP contribution in [-0.2, 0) is 0 Å². The zero-order valence-corrected chi connectivity index (χ0v) is 12.1. The van der Waals surface area contributed by atoms with Crippen molar-refractivity contribution in [2.24, 2.45) is 0 Å². The molecular formula is C15H25N3O. The van der Waals surface area contributed by atoms with Crippen molar-refractivity contribution in [1.29, 1.82) is 0 Å². The first kappa shape index (κ1) is 15.5. The van der Waals surface area contributed by atoms with Crippen LogP contribution in [0.15, 0.2) is 24.3 Å². The monoisotopic (exact) mass is 263 g/mol. The highest BCUT2D eigenvalue weighted by Gasteiger charge is 2.03. The van der Waals surface area contributed by atoms with Crippen molar-refractivity contribution < 1.29 is 4.79 Å². The van der Waals surface area contributed by atoms with Crippen LogP contribution in [0.3, 0.4) is 0 Å². The predicted molar refractivity (Wildman–Crippen MR) is 80.5 cm³/mol. The molecule has 4 heteroatoms. The molecule has 106 valence electrons. The third kappa shape index (κ3) is 5.75. The number of nitrogens with one attached hydrogen (secondary N) is 3. The first-order valence-corrected chi connectivity index (χ1v) is 6.99. The van der Waals surface area contributed by atoms with E-state index in [-0.39, 0.29) is 6.03 Å². The van der Waals surface area contributed by atoms with Crippen molar-refractivity contribution >= 4 is 11.7 Å². The number of hydrogen-bond donors (Lipinski definition) is 3. The van der Waals surface area contributed by atoms with Gasteiger partial charge in [-0.15, -0.1) is 0 Å². The molecule has 3 N–H and O–H groups in total. The fraction of sp³-hybridized carbons (Fsp3) is 0.533. The molecule has 1 aromatic rings. The second-order valence-electron chi connectivity index (χ2n) is 4.72. The van der Waals surface area contributed by atoms with Crippen molar-refractivity contribution in [2.45, 2.75) is 39.2 Å². The van der Waals surface area contributed by atoms with Gasteiger partial charge >= 0.3 is 6.03 Å². The molecule has 0 heterocycles. The van der Waals surface area contributed by atoms with Gasteiger partial charge in [-0.2, -0.15) is 0 Å². The van der Waals surface area contributed by atoms with Crippen molar-refractivity contribution in [3.05, 3.63) is 29.8 Å². The van der Waals surface area contributed by atoms with E-state index in [1.807, 2.05) is 31.3 Å². The lowest BCUT2D eigenvalue weighted by Gasteiger charge is -2.12. The SMILES string of the molecule is CCCCCNC(=O)Nc1ccc(C(C)NC)cc1. The van der Waals surface area contributed by atoms with E-state index in [1.54, 1.807) is 0 Å². The third-order valence-electron chi connectivity index (χ3n) is 3.17. The molecule has 0 aliphatic heterocycles. The quantitative estimate of drug-likeness (QED) is 0.661. The smallest absolute Gasteiger partial charge is 0.319 e. The average molecular weight is 263 g/mol. The fourth-order valence-electron chi connectivity index (χ4n) is 1.77. The summed E-state index contributed by atoms with van der Waals surface area (Å²) in [5.41, 5.74) is 2.02. The van der Waals surface area contributed by atoms with Crippen LogP contribution in [0.5, 0.6) is 0 Å². The molecule has 0 radical (unpaired) electrons. The maximum absolute atomic E-state index is 11.6. The standard InChI is InChI=1S/C15H25N3O/c1-4-5-6-11-17-15(19)18-14-9-7-13(8-10-14)12(2)16-3/h7-10,12,16H,4-6,11H2,1-3H3,(H2,17,18,19). The van der Waals surface area contributed by atoms with Gasteiger partial charge in [0, 0.05) is 18.3 Å². The van der Waals surface area contributed by atoms with Crippen molar-refractivity contribution in [1.82, 2.24) is 10.6 Å². The number of carbonyl (C=O) groups is 1. The molecule has 19 heavy (non-hydrogen) atoms. The van der Waals surface area contributed by atoms with Crippen LogP contribution >= 0.6 is 0 Å². The Balaban J connectivity index is 2.38. The zero-order chi connectivity index (χ0) is 14.1. The molecule has 0 bridgehead atoms. The molecule has 0 saturated heterocycles. The maximum Gasteiger partial charge on any atom is 0.319 e. The third-order valence-corrected chi connectivity index (χ3v) is 3.17. The summed E-state index contributed by atoms with van der Waals surface area (Å²) in [6.45, 7) is 4.98. The van der Waals surface area contributed by atoms with Crippen LogP contribution in [0.4, 0.5) is 10.5 Å². The van der Waals surface area contributed by atoms with Gasteiger partial charge in [0.2, 0.25) is 0 Å². The molecule has 0 spiro atoms. The molecule has 1 atom stereocenters. The van der Waals surface area contributed by atoms with Crippen LogP contribution in [0, 0.1) is 0 Å². The Hall–Kier alpha value is -1.55. The second-order valence-corrected chi connectivity index (χ2v) is 4.72. The number of carbonyl (C=O) groups excluding carboxylic acids is 1. The van der Waals surface area contributed by atoms with Crippen LogP contribution in [-0.4, -0.2) is 19.6 Å². The molecule has 0 aliphatic carbocycles. The summed E-state index contributed by atoms with van der Waals surface area (Å²) in [5, 5.41) is 8.87. The molecule has 1 unspecified atom stereocenters. The summed E-state index contributed by atoms with van der Waals surface area (Å²) in [6.07, 6.45) is 3.34. The van der Waals surface area contributed by atoms with Gasteiger partial charge in [-0.1, -0.05) is 31.9 Å². The molecule has 0 aromatic heterocycles. The lowest BCUT2D eigenvalue weighted by Crippen LogP contribution is -2.29. The van der Waals surface area contributed by atoms with Gasteiger partial charge in [-0.05, 0) is 38.1 Å². The van der Waals surface area contributed by atoms with Crippen LogP contribution in [0.25, 0.3) is 0 Å². The predicted octanol–water partition coefficient (Wildman–Crippen LogP) is 3.28. The normalized spacial score (nSPS) is 11.9. The Bertz CT molecular complexity index is 375. The Morgan fingerprint density at radius 3 is 2.47 bits per heavy atom. The highest BCUT2D eigenvalue weighted by atomic mass is 16.2. The van der Waals surface area contributed by atoms with E-state index in [1.165, 1.54) is 5.56 Å². The number of benzene rings is 1. The number of anilines is 1. The molecule has 4 nitrogen and oxygen atoms in total. The van der Waals surface area contributed by atoms with E-state index in [0.29, 0.717) is 6.04 Å². The van der Waals surface area contributed by atoms with Gasteiger partial charge in [0.25, 0.3) is 0 Å². The summed E-state index contributed by atoms with van der Waals surface area (Å²) < 4.78 is 0. The molecule has 2 amide bonds. The largest absolute Gasteiger partial charge is 0.338 e. The van der Waals surface area contributed by atoms with Crippen molar-refractivity contribution in [3.8, 4) is 0 Å². The lowest BCUT2D eigenvalue weighted by atomic mass is 10.1. The van der Waals surface area contributed by atoms with E-state index in [0.717, 1.165) is 31.5 Å². The Morgan fingerprint density at radius 2 is 1.89 bits per heavy atom. The first-order chi connectivity index (χ1) is 9.17. The van der Waals surface area contributed by atoms with Gasteiger partial charge < -0.3 is 16.0 Å². The van der Waals surface area contributed by atoms with Crippen LogP contribution in [0.2, 0.25) is 0 Å². The van der Waals surface area contributed by atoms with Gasteiger partial charge in [0.15, 0.2) is 0 Å². The first-order valence-electron chi connectivity index (χ1n) is 6.99. The summed E-state index contributed by atoms with van der Waals surface area (Å²) >= 11 is 0. The highest BCUT2D eigenvalue weighted by molar-refractivity contribution is 5.89. The van der Waals surface area contributed by atoms with Crippen molar-refractivity contribution in [2.75, 3.05) is 18.9 Å². The maximum atomic E-state index is 11.6. The number of rotatable bonds is 7. The lowest BCUT2D eigenvalue weighted by molar-refractivity contribution is 0.252. The number of hydrogen-bond acceptors (Lipinski definition) is 2. The Kier molecular flexibility index (Phi) is 6.97. The number of urea groups is 1. The van der Waals surface area contributed by atoms with E-state index in [2.05, 4.69) is 29.8 Å². The van der Waals surface area contributed by atoms with E-state index >= 15 is 0 Å². The molecule has 0 aliphatic rings. The molecule has 1 aromatic carbocycles. The van der Waals surface area contributed by atoms with Crippen LogP contribution < -0.4 is 16.0 Å². The summed E-state index contributed by atoms with van der Waals surface area (Å²) in [5.74, 6) is 0. The minimum atomic E-state index is -0.134. The topological polar surface area (TPSA) is 53.2 Å². The zero-order valence-electron chi connectivity index (χ0n) is 12.1. The molecular weight excluding hydrogens is 238 g/mol. The fourth-order valence-corrected chi connectivity index (χ4v) is 1.77. The van der Waals surface area contributed by atoms with E-state index in [9.17, 15) is 4.79 Å². The van der Waals surface area contributed by atoms with Gasteiger partial charge in [0.05, 0.1) is 0 Å². The highest BCUT2D eigenvalue weighted by Crippen LogP contribution is 2.15. The van der Waals surface area contributed by atoms with Gasteiger partial charge in [-0.25, -0.2) is 4.79 Å².